The fourth-order valence-electron chi connectivity index (χ4n) is 0.956. The Morgan fingerprint density at radius 3 is 1.14 bits per heavy atom. The predicted molar refractivity (Wildman–Crippen MR) is 73.2 cm³/mol. The molecule has 0 aliphatic heterocycles. The van der Waals surface area contributed by atoms with Gasteiger partial charge in [-0.2, -0.15) is 0 Å². The van der Waals surface area contributed by atoms with E-state index in [1.807, 2.05) is 0 Å². The zero-order valence-corrected chi connectivity index (χ0v) is 23.2. The molecule has 2 aromatic rings. The Morgan fingerprint density at radius 2 is 1.05 bits per heavy atom. The van der Waals surface area contributed by atoms with Gasteiger partial charge in [0, 0.05) is 5.97 Å². The molecule has 0 atom stereocenters. The van der Waals surface area contributed by atoms with E-state index in [4.69, 9.17) is 25.2 Å². The van der Waals surface area contributed by atoms with Gasteiger partial charge in [-0.3, -0.25) is 0 Å². The van der Waals surface area contributed by atoms with Crippen molar-refractivity contribution >= 4 is 12.1 Å². The average Bonchev–Trinajstić information content (AvgIpc) is 2.40. The van der Waals surface area contributed by atoms with Crippen LogP contribution in [0, 0.1) is 15.3 Å². The van der Waals surface area contributed by atoms with Gasteiger partial charge in [-0.15, -0.1) is 0 Å². The van der Waals surface area contributed by atoms with Crippen LogP contribution >= 0.6 is 0 Å². The third-order valence-electron chi connectivity index (χ3n) is 1.69. The third kappa shape index (κ3) is 27.3. The van der Waals surface area contributed by atoms with Crippen molar-refractivity contribution < 1.29 is 67.2 Å². The molecule has 0 heterocycles. The molecule has 0 saturated carbocycles. The van der Waals surface area contributed by atoms with Crippen LogP contribution in [0.3, 0.4) is 0 Å². The molecule has 0 aliphatic carbocycles. The van der Waals surface area contributed by atoms with Crippen LogP contribution in [0.25, 0.3) is 0 Å². The number of aliphatic carboxylic acids is 1. The second kappa shape index (κ2) is 16.4. The molecule has 0 saturated heterocycles. The summed E-state index contributed by atoms with van der Waals surface area (Å²) in [6.07, 6.45) is 0. The van der Waals surface area contributed by atoms with Crippen molar-refractivity contribution in [2.45, 2.75) is 6.92 Å². The van der Waals surface area contributed by atoms with Gasteiger partial charge >= 0.3 is 119 Å². The zero-order chi connectivity index (χ0) is 17.4. The Bertz CT molecular complexity index is 466. The molecule has 0 N–H and O–H groups in total. The Morgan fingerprint density at radius 1 is 0.864 bits per heavy atom. The Balaban J connectivity index is 0. The van der Waals surface area contributed by atoms with Gasteiger partial charge in [0.1, 0.15) is 0 Å². The van der Waals surface area contributed by atoms with Crippen LogP contribution in [0.2, 0.25) is 0 Å². The number of hydrogen-bond donors (Lipinski definition) is 0. The molecular formula is C14H13Hg2NO5. The second-order valence-electron chi connectivity index (χ2n) is 3.69. The molecule has 8 heteroatoms. The molecule has 2 rings (SSSR count). The van der Waals surface area contributed by atoms with Crippen LogP contribution in [0.1, 0.15) is 6.92 Å². The summed E-state index contributed by atoms with van der Waals surface area (Å²) in [5, 5.41) is 23.6. The van der Waals surface area contributed by atoms with Crippen LogP contribution in [-0.2, 0) is 57.0 Å². The van der Waals surface area contributed by atoms with Gasteiger partial charge in [0.15, 0.2) is 0 Å². The first-order chi connectivity index (χ1) is 10.3. The van der Waals surface area contributed by atoms with Gasteiger partial charge in [0.25, 0.3) is 0 Å². The number of nitrogens with zero attached hydrogens (tertiary/aromatic N) is 1. The first-order valence-corrected chi connectivity index (χ1v) is 11.5. The van der Waals surface area contributed by atoms with Crippen molar-refractivity contribution in [2.75, 3.05) is 0 Å². The minimum absolute atomic E-state index is 0.810. The molecule has 22 heavy (non-hydrogen) atoms. The number of carbonyl (C=O) groups is 1. The van der Waals surface area contributed by atoms with Gasteiger partial charge < -0.3 is 25.2 Å². The molecule has 108 valence electrons. The van der Waals surface area contributed by atoms with Crippen molar-refractivity contribution in [1.29, 1.82) is 0 Å². The summed E-state index contributed by atoms with van der Waals surface area (Å²) in [6.45, 7) is 0.972. The quantitative estimate of drug-likeness (QED) is 0.226. The summed E-state index contributed by atoms with van der Waals surface area (Å²) in [6, 6.07) is 21.1. The first kappa shape index (κ1) is 23.2. The van der Waals surface area contributed by atoms with Crippen LogP contribution in [0.5, 0.6) is 0 Å². The monoisotopic (exact) mass is 679 g/mol. The summed E-state index contributed by atoms with van der Waals surface area (Å²) in [5.74, 6) is -1.08. The fraction of sp³-hybridized carbons (Fsp3) is 0.0714. The summed E-state index contributed by atoms with van der Waals surface area (Å²) < 4.78 is 3.03. The molecule has 0 radical (unpaired) electrons. The maximum absolute atomic E-state index is 8.89. The summed E-state index contributed by atoms with van der Waals surface area (Å²) in [5.41, 5.74) is 0. The maximum atomic E-state index is 8.89. The van der Waals surface area contributed by atoms with E-state index >= 15 is 0 Å². The minimum atomic E-state index is -1.75. The van der Waals surface area contributed by atoms with Crippen LogP contribution in [0.15, 0.2) is 60.7 Å². The average molecular weight is 676 g/mol. The van der Waals surface area contributed by atoms with E-state index < -0.39 is 11.1 Å². The van der Waals surface area contributed by atoms with Crippen LogP contribution in [0.4, 0.5) is 0 Å². The molecule has 0 unspecified atom stereocenters. The number of rotatable bonds is 0. The summed E-state index contributed by atoms with van der Waals surface area (Å²) >= 11 is 1.62. The SMILES string of the molecule is CC(=O)[O-].O=[N+]([O-])[O-].[Hg+][c]1ccccc1.[Hg+][c]1ccccc1. The molecule has 2 aromatic carbocycles. The molecule has 0 amide bonds. The number of benzene rings is 2. The van der Waals surface area contributed by atoms with Crippen LogP contribution in [-0.4, -0.2) is 11.1 Å². The molecule has 0 bridgehead atoms. The molecule has 0 spiro atoms. The van der Waals surface area contributed by atoms with E-state index in [-0.39, 0.29) is 0 Å². The normalized spacial score (nSPS) is 7.86. The van der Waals surface area contributed by atoms with Gasteiger partial charge in [0.2, 0.25) is 0 Å². The molecule has 6 nitrogen and oxygen atoms in total. The number of carboxylic acids is 1. The van der Waals surface area contributed by atoms with Crippen molar-refractivity contribution in [3.63, 3.8) is 0 Å². The van der Waals surface area contributed by atoms with Crippen molar-refractivity contribution in [2.24, 2.45) is 0 Å². The third-order valence-corrected chi connectivity index (χ3v) is 5.35. The topological polar surface area (TPSA) is 106 Å². The standard InChI is InChI=1S/2C6H5.C2H4O2.2Hg.NO3/c2*1-2-4-6-5-3-1;1-2(3)4;;;2-1(3)4/h2*1-5H;1H3,(H,3,4);;;/q;;;2*+1;-1/p-1. The van der Waals surface area contributed by atoms with E-state index in [9.17, 15) is 0 Å². The van der Waals surface area contributed by atoms with E-state index in [1.165, 1.54) is 6.14 Å². The van der Waals surface area contributed by atoms with Gasteiger partial charge in [-0.05, 0) is 6.92 Å². The zero-order valence-electron chi connectivity index (χ0n) is 12.2. The molecular weight excluding hydrogens is 663 g/mol. The van der Waals surface area contributed by atoms with E-state index in [1.54, 1.807) is 0 Å². The second-order valence-corrected chi connectivity index (χ2v) is 10.0. The molecule has 0 aliphatic rings. The predicted octanol–water partition coefficient (Wildman–Crippen LogP) is 0.234. The summed E-state index contributed by atoms with van der Waals surface area (Å²) in [7, 11) is 0. The van der Waals surface area contributed by atoms with Crippen molar-refractivity contribution in [3.05, 3.63) is 76.0 Å². The van der Waals surface area contributed by atoms with Gasteiger partial charge in [0.05, 0.1) is 5.09 Å². The number of hydrogen-bond acceptors (Lipinski definition) is 5. The van der Waals surface area contributed by atoms with E-state index in [0.29, 0.717) is 0 Å². The van der Waals surface area contributed by atoms with E-state index in [2.05, 4.69) is 60.7 Å². The number of carboxylic acid groups (broad SMARTS) is 1. The summed E-state index contributed by atoms with van der Waals surface area (Å²) in [4.78, 5) is 17.1. The Labute approximate surface area is 161 Å². The fourth-order valence-corrected chi connectivity index (χ4v) is 3.07. The Hall–Kier alpha value is -1.02. The molecule has 0 fully saturated rings. The van der Waals surface area contributed by atoms with Gasteiger partial charge in [-0.25, -0.2) is 0 Å². The molecule has 0 aromatic heterocycles. The van der Waals surface area contributed by atoms with Crippen molar-refractivity contribution in [3.8, 4) is 0 Å². The van der Waals surface area contributed by atoms with Gasteiger partial charge in [-0.1, -0.05) is 0 Å². The Kier molecular flexibility index (Phi) is 17.3. The number of carbonyl (C=O) groups excluding carboxylic acids is 1. The van der Waals surface area contributed by atoms with Crippen molar-refractivity contribution in [1.82, 2.24) is 0 Å². The first-order valence-electron chi connectivity index (χ1n) is 5.98. The van der Waals surface area contributed by atoms with E-state index in [0.717, 1.165) is 59.2 Å². The van der Waals surface area contributed by atoms with Crippen LogP contribution < -0.4 is 11.3 Å².